The van der Waals surface area contributed by atoms with E-state index < -0.39 is 13.6 Å². The van der Waals surface area contributed by atoms with E-state index in [0.717, 1.165) is 11.6 Å². The number of phosphoric acid groups is 1. The SMILES string of the molecule is O=P(O)(O)Oc1cc(-c2ccccc2)nc2ccc(F)cc12.[H-].[Na+]. The Morgan fingerprint density at radius 2 is 1.78 bits per heavy atom. The number of halogens is 1. The molecule has 3 aromatic rings. The molecule has 0 aliphatic heterocycles. The fraction of sp³-hybridized carbons (Fsp3) is 0. The van der Waals surface area contributed by atoms with E-state index in [1.807, 2.05) is 18.2 Å². The topological polar surface area (TPSA) is 79.7 Å². The quantitative estimate of drug-likeness (QED) is 0.539. The summed E-state index contributed by atoms with van der Waals surface area (Å²) in [5.74, 6) is -0.658. The summed E-state index contributed by atoms with van der Waals surface area (Å²) in [6.07, 6.45) is 0. The zero-order chi connectivity index (χ0) is 15.7. The minimum Gasteiger partial charge on any atom is -1.00 e. The molecule has 0 radical (unpaired) electrons. The van der Waals surface area contributed by atoms with Gasteiger partial charge >= 0.3 is 37.4 Å². The molecule has 0 spiro atoms. The van der Waals surface area contributed by atoms with Crippen LogP contribution in [0.25, 0.3) is 22.2 Å². The van der Waals surface area contributed by atoms with Gasteiger partial charge in [0.2, 0.25) is 0 Å². The van der Waals surface area contributed by atoms with E-state index in [-0.39, 0.29) is 42.1 Å². The van der Waals surface area contributed by atoms with Crippen LogP contribution in [0.3, 0.4) is 0 Å². The van der Waals surface area contributed by atoms with Crippen LogP contribution >= 0.6 is 7.82 Å². The van der Waals surface area contributed by atoms with Gasteiger partial charge in [0.25, 0.3) is 0 Å². The Kier molecular flexibility index (Phi) is 5.57. The van der Waals surface area contributed by atoms with Crippen LogP contribution in [0.4, 0.5) is 4.39 Å². The minimum atomic E-state index is -4.77. The molecule has 3 rings (SSSR count). The maximum Gasteiger partial charge on any atom is 1.00 e. The van der Waals surface area contributed by atoms with Crippen LogP contribution in [0.2, 0.25) is 0 Å². The number of hydrogen-bond acceptors (Lipinski definition) is 3. The van der Waals surface area contributed by atoms with Gasteiger partial charge in [-0.25, -0.2) is 13.9 Å². The third-order valence-electron chi connectivity index (χ3n) is 3.02. The molecule has 0 bridgehead atoms. The summed E-state index contributed by atoms with van der Waals surface area (Å²) in [5, 5.41) is 0.197. The smallest absolute Gasteiger partial charge is 1.00 e. The molecular formula is C15H12FNNaO4P. The molecule has 0 saturated carbocycles. The number of pyridine rings is 1. The van der Waals surface area contributed by atoms with Gasteiger partial charge in [-0.15, -0.1) is 0 Å². The first kappa shape index (κ1) is 18.1. The first-order valence-corrected chi connectivity index (χ1v) is 7.86. The molecule has 23 heavy (non-hydrogen) atoms. The van der Waals surface area contributed by atoms with Crippen LogP contribution in [-0.4, -0.2) is 14.8 Å². The van der Waals surface area contributed by atoms with Gasteiger partial charge in [-0.2, -0.15) is 0 Å². The Balaban J connectivity index is 0.00000144. The predicted molar refractivity (Wildman–Crippen MR) is 80.9 cm³/mol. The van der Waals surface area contributed by atoms with Gasteiger partial charge in [-0.3, -0.25) is 9.79 Å². The van der Waals surface area contributed by atoms with Crippen LogP contribution in [-0.2, 0) is 4.57 Å². The van der Waals surface area contributed by atoms with Gasteiger partial charge in [0.1, 0.15) is 11.6 Å². The van der Waals surface area contributed by atoms with E-state index in [4.69, 9.17) is 14.3 Å². The number of hydrogen-bond donors (Lipinski definition) is 2. The van der Waals surface area contributed by atoms with E-state index in [1.165, 1.54) is 18.2 Å². The van der Waals surface area contributed by atoms with Crippen molar-refractivity contribution in [1.29, 1.82) is 0 Å². The minimum absolute atomic E-state index is 0. The summed E-state index contributed by atoms with van der Waals surface area (Å²) in [6.45, 7) is 0. The predicted octanol–water partition coefficient (Wildman–Crippen LogP) is 0.629. The largest absolute Gasteiger partial charge is 1.00 e. The molecule has 0 aliphatic rings. The first-order chi connectivity index (χ1) is 10.4. The van der Waals surface area contributed by atoms with Crippen molar-refractivity contribution in [2.45, 2.75) is 0 Å². The molecule has 5 nitrogen and oxygen atoms in total. The summed E-state index contributed by atoms with van der Waals surface area (Å²) >= 11 is 0. The fourth-order valence-corrected chi connectivity index (χ4v) is 2.53. The second-order valence-electron chi connectivity index (χ2n) is 4.61. The summed E-state index contributed by atoms with van der Waals surface area (Å²) in [7, 11) is -4.77. The van der Waals surface area contributed by atoms with Crippen molar-refractivity contribution >= 4 is 18.7 Å². The van der Waals surface area contributed by atoms with Crippen LogP contribution in [0.5, 0.6) is 5.75 Å². The molecule has 2 aromatic carbocycles. The second kappa shape index (κ2) is 7.09. The summed E-state index contributed by atoms with van der Waals surface area (Å²) in [5.41, 5.74) is 1.61. The van der Waals surface area contributed by atoms with Crippen molar-refractivity contribution in [2.24, 2.45) is 0 Å². The molecule has 0 unspecified atom stereocenters. The zero-order valence-corrected chi connectivity index (χ0v) is 15.1. The Labute approximate surface area is 155 Å². The van der Waals surface area contributed by atoms with Crippen molar-refractivity contribution in [2.75, 3.05) is 0 Å². The van der Waals surface area contributed by atoms with Gasteiger partial charge in [0.15, 0.2) is 0 Å². The Bertz CT molecular complexity index is 891. The maximum absolute atomic E-state index is 13.4. The first-order valence-electron chi connectivity index (χ1n) is 6.33. The normalized spacial score (nSPS) is 11.1. The van der Waals surface area contributed by atoms with Crippen LogP contribution < -0.4 is 34.1 Å². The molecule has 2 N–H and O–H groups in total. The van der Waals surface area contributed by atoms with Crippen LogP contribution in [0.15, 0.2) is 54.6 Å². The van der Waals surface area contributed by atoms with Crippen molar-refractivity contribution in [3.8, 4) is 17.0 Å². The Morgan fingerprint density at radius 3 is 2.43 bits per heavy atom. The van der Waals surface area contributed by atoms with Crippen molar-refractivity contribution in [1.82, 2.24) is 4.98 Å². The molecule has 8 heteroatoms. The van der Waals surface area contributed by atoms with E-state index in [1.54, 1.807) is 12.1 Å². The second-order valence-corrected chi connectivity index (χ2v) is 5.78. The Morgan fingerprint density at radius 1 is 1.09 bits per heavy atom. The van der Waals surface area contributed by atoms with E-state index >= 15 is 0 Å². The third kappa shape index (κ3) is 4.38. The van der Waals surface area contributed by atoms with E-state index in [0.29, 0.717) is 11.2 Å². The number of phosphoric ester groups is 1. The molecule has 1 aromatic heterocycles. The molecule has 0 atom stereocenters. The van der Waals surface area contributed by atoms with Gasteiger partial charge in [0.05, 0.1) is 11.2 Å². The fourth-order valence-electron chi connectivity index (χ4n) is 2.13. The van der Waals surface area contributed by atoms with E-state index in [2.05, 4.69) is 4.98 Å². The molecule has 0 amide bonds. The molecular weight excluding hydrogens is 331 g/mol. The zero-order valence-electron chi connectivity index (χ0n) is 13.2. The monoisotopic (exact) mass is 343 g/mol. The number of rotatable bonds is 3. The van der Waals surface area contributed by atoms with Gasteiger partial charge in [0, 0.05) is 17.0 Å². The number of benzene rings is 2. The number of nitrogens with zero attached hydrogens (tertiary/aromatic N) is 1. The van der Waals surface area contributed by atoms with Gasteiger partial charge < -0.3 is 5.95 Å². The average molecular weight is 343 g/mol. The van der Waals surface area contributed by atoms with Crippen molar-refractivity contribution in [3.05, 3.63) is 60.4 Å². The molecule has 114 valence electrons. The van der Waals surface area contributed by atoms with Crippen LogP contribution in [0, 0.1) is 5.82 Å². The van der Waals surface area contributed by atoms with Gasteiger partial charge in [-0.05, 0) is 18.2 Å². The Hall–Kier alpha value is -1.27. The molecule has 0 saturated heterocycles. The third-order valence-corrected chi connectivity index (χ3v) is 3.45. The maximum atomic E-state index is 13.4. The average Bonchev–Trinajstić information content (AvgIpc) is 2.47. The molecule has 0 fully saturated rings. The molecule has 0 aliphatic carbocycles. The number of fused-ring (bicyclic) bond motifs is 1. The summed E-state index contributed by atoms with van der Waals surface area (Å²) < 4.78 is 29.2. The molecule has 1 heterocycles. The van der Waals surface area contributed by atoms with E-state index in [9.17, 15) is 8.96 Å². The number of aromatic nitrogens is 1. The standard InChI is InChI=1S/C15H11FNO4P.Na.H/c16-11-6-7-13-12(8-11)15(21-22(18,19)20)9-14(17-13)10-4-2-1-3-5-10;;/h1-9H,(H2,18,19,20);;/q;+1;-1. The van der Waals surface area contributed by atoms with Gasteiger partial charge in [-0.1, -0.05) is 30.3 Å². The van der Waals surface area contributed by atoms with Crippen LogP contribution in [0.1, 0.15) is 1.43 Å². The summed E-state index contributed by atoms with van der Waals surface area (Å²) in [6, 6.07) is 14.3. The van der Waals surface area contributed by atoms with Crippen molar-refractivity contribution < 1.29 is 54.2 Å². The summed E-state index contributed by atoms with van der Waals surface area (Å²) in [4.78, 5) is 22.4. The van der Waals surface area contributed by atoms with Crippen molar-refractivity contribution in [3.63, 3.8) is 0 Å².